The van der Waals surface area contributed by atoms with Gasteiger partial charge in [0.1, 0.15) is 0 Å². The van der Waals surface area contributed by atoms with Crippen LogP contribution in [0.3, 0.4) is 0 Å². The lowest BCUT2D eigenvalue weighted by atomic mass is 10.00. The van der Waals surface area contributed by atoms with E-state index in [9.17, 15) is 13.6 Å². The Morgan fingerprint density at radius 3 is 2.80 bits per heavy atom. The number of rotatable bonds is 4. The summed E-state index contributed by atoms with van der Waals surface area (Å²) < 4.78 is 32.0. The molecule has 1 N–H and O–H groups in total. The zero-order valence-corrected chi connectivity index (χ0v) is 14.7. The zero-order valence-electron chi connectivity index (χ0n) is 14.7. The van der Waals surface area contributed by atoms with E-state index >= 15 is 0 Å². The van der Waals surface area contributed by atoms with Crippen LogP contribution in [0.4, 0.5) is 13.6 Å². The highest BCUT2D eigenvalue weighted by Crippen LogP contribution is 2.32. The summed E-state index contributed by atoms with van der Waals surface area (Å²) in [5.74, 6) is -1.33. The normalized spacial score (nSPS) is 27.0. The third kappa shape index (κ3) is 3.93. The maximum atomic E-state index is 13.6. The number of hydrogen-bond donors (Lipinski definition) is 1. The second kappa shape index (κ2) is 7.66. The number of carbonyl (C=O) groups is 1. The van der Waals surface area contributed by atoms with Crippen LogP contribution in [-0.4, -0.2) is 62.3 Å². The van der Waals surface area contributed by atoms with Gasteiger partial charge >= 0.3 is 6.03 Å². The Kier molecular flexibility index (Phi) is 5.54. The van der Waals surface area contributed by atoms with Gasteiger partial charge in [-0.05, 0) is 37.6 Å². The van der Waals surface area contributed by atoms with E-state index in [1.54, 1.807) is 13.2 Å². The van der Waals surface area contributed by atoms with Crippen LogP contribution in [0.15, 0.2) is 18.2 Å². The molecule has 5 nitrogen and oxygen atoms in total. The molecule has 0 aromatic heterocycles. The number of likely N-dealkylation sites (tertiary alicyclic amines) is 2. The molecule has 0 bridgehead atoms. The van der Waals surface area contributed by atoms with Crippen LogP contribution in [0.1, 0.15) is 24.4 Å². The standard InChI is InChI=1S/C18H25F2N3O2/c1-22-7-6-16(17(22)13-3-4-14(19)15(20)9-13)21-18(24)23-8-5-12(10-23)11-25-2/h3-4,9,12,16-17H,5-8,10-11H2,1-2H3,(H,21,24). The molecule has 2 saturated heterocycles. The highest BCUT2D eigenvalue weighted by Gasteiger charge is 2.36. The van der Waals surface area contributed by atoms with E-state index in [1.807, 2.05) is 11.9 Å². The first kappa shape index (κ1) is 18.1. The van der Waals surface area contributed by atoms with Crippen molar-refractivity contribution in [1.29, 1.82) is 0 Å². The second-order valence-electron chi connectivity index (χ2n) is 7.00. The summed E-state index contributed by atoms with van der Waals surface area (Å²) in [5, 5.41) is 3.08. The Morgan fingerprint density at radius 1 is 1.28 bits per heavy atom. The first-order chi connectivity index (χ1) is 12.0. The van der Waals surface area contributed by atoms with E-state index in [2.05, 4.69) is 10.2 Å². The number of benzene rings is 1. The molecule has 2 fully saturated rings. The summed E-state index contributed by atoms with van der Waals surface area (Å²) in [6, 6.07) is 3.60. The number of halogens is 2. The third-order valence-corrected chi connectivity index (χ3v) is 5.22. The number of hydrogen-bond acceptors (Lipinski definition) is 3. The summed E-state index contributed by atoms with van der Waals surface area (Å²) in [6.07, 6.45) is 1.72. The van der Waals surface area contributed by atoms with E-state index < -0.39 is 11.6 Å². The van der Waals surface area contributed by atoms with Crippen molar-refractivity contribution in [3.63, 3.8) is 0 Å². The number of urea groups is 1. The van der Waals surface area contributed by atoms with E-state index in [4.69, 9.17) is 4.74 Å². The molecular weight excluding hydrogens is 328 g/mol. The van der Waals surface area contributed by atoms with Gasteiger partial charge in [0.15, 0.2) is 11.6 Å². The van der Waals surface area contributed by atoms with Crippen LogP contribution in [0.2, 0.25) is 0 Å². The molecule has 2 aliphatic heterocycles. The molecule has 2 heterocycles. The molecule has 2 aliphatic rings. The molecule has 7 heteroatoms. The number of carbonyl (C=O) groups excluding carboxylic acids is 1. The molecule has 0 spiro atoms. The summed E-state index contributed by atoms with van der Waals surface area (Å²) >= 11 is 0. The Labute approximate surface area is 146 Å². The van der Waals surface area contributed by atoms with Crippen molar-refractivity contribution in [2.45, 2.75) is 24.9 Å². The van der Waals surface area contributed by atoms with Crippen LogP contribution >= 0.6 is 0 Å². The average Bonchev–Trinajstić information content (AvgIpc) is 3.18. The molecule has 0 saturated carbocycles. The Balaban J connectivity index is 1.66. The van der Waals surface area contributed by atoms with E-state index in [1.165, 1.54) is 6.07 Å². The molecule has 1 aromatic rings. The first-order valence-electron chi connectivity index (χ1n) is 8.69. The van der Waals surface area contributed by atoms with Crippen molar-refractivity contribution in [2.75, 3.05) is 40.4 Å². The topological polar surface area (TPSA) is 44.8 Å². The van der Waals surface area contributed by atoms with Crippen molar-refractivity contribution in [3.8, 4) is 0 Å². The number of methoxy groups -OCH3 is 1. The molecule has 25 heavy (non-hydrogen) atoms. The molecule has 3 rings (SSSR count). The fourth-order valence-electron chi connectivity index (χ4n) is 3.92. The van der Waals surface area contributed by atoms with Gasteiger partial charge < -0.3 is 15.0 Å². The van der Waals surface area contributed by atoms with E-state index in [-0.39, 0.29) is 18.1 Å². The van der Waals surface area contributed by atoms with Crippen molar-refractivity contribution in [2.24, 2.45) is 5.92 Å². The Morgan fingerprint density at radius 2 is 2.08 bits per heavy atom. The van der Waals surface area contributed by atoms with Gasteiger partial charge in [-0.1, -0.05) is 6.07 Å². The van der Waals surface area contributed by atoms with Gasteiger partial charge in [-0.3, -0.25) is 4.90 Å². The lowest BCUT2D eigenvalue weighted by molar-refractivity contribution is 0.152. The number of nitrogens with zero attached hydrogens (tertiary/aromatic N) is 2. The summed E-state index contributed by atoms with van der Waals surface area (Å²) in [7, 11) is 3.60. The van der Waals surface area contributed by atoms with Crippen LogP contribution < -0.4 is 5.32 Å². The van der Waals surface area contributed by atoms with Crippen molar-refractivity contribution >= 4 is 6.03 Å². The third-order valence-electron chi connectivity index (χ3n) is 5.22. The number of likely N-dealkylation sites (N-methyl/N-ethyl adjacent to an activating group) is 1. The minimum Gasteiger partial charge on any atom is -0.384 e. The van der Waals surface area contributed by atoms with E-state index in [0.29, 0.717) is 24.6 Å². The van der Waals surface area contributed by atoms with Crippen LogP contribution in [0.25, 0.3) is 0 Å². The maximum absolute atomic E-state index is 13.6. The fraction of sp³-hybridized carbons (Fsp3) is 0.611. The Hall–Kier alpha value is -1.73. The quantitative estimate of drug-likeness (QED) is 0.904. The predicted octanol–water partition coefficient (Wildman–Crippen LogP) is 2.39. The van der Waals surface area contributed by atoms with Crippen LogP contribution in [-0.2, 0) is 4.74 Å². The van der Waals surface area contributed by atoms with Gasteiger partial charge in [-0.2, -0.15) is 0 Å². The minimum absolute atomic E-state index is 0.0912. The molecule has 138 valence electrons. The van der Waals surface area contributed by atoms with Crippen LogP contribution in [0.5, 0.6) is 0 Å². The average molecular weight is 353 g/mol. The summed E-state index contributed by atoms with van der Waals surface area (Å²) in [4.78, 5) is 16.5. The lowest BCUT2D eigenvalue weighted by Crippen LogP contribution is -2.46. The molecule has 3 atom stereocenters. The SMILES string of the molecule is COCC1CCN(C(=O)NC2CCN(C)C2c2ccc(F)c(F)c2)C1. The van der Waals surface area contributed by atoms with Crippen molar-refractivity contribution < 1.29 is 18.3 Å². The summed E-state index contributed by atoms with van der Waals surface area (Å²) in [5.41, 5.74) is 0.683. The van der Waals surface area contributed by atoms with Crippen molar-refractivity contribution in [3.05, 3.63) is 35.4 Å². The molecule has 0 radical (unpaired) electrons. The van der Waals surface area contributed by atoms with Gasteiger partial charge in [0, 0.05) is 32.7 Å². The number of amides is 2. The smallest absolute Gasteiger partial charge is 0.317 e. The van der Waals surface area contributed by atoms with E-state index in [0.717, 1.165) is 32.0 Å². The number of ether oxygens (including phenoxy) is 1. The highest BCUT2D eigenvalue weighted by molar-refractivity contribution is 5.75. The largest absolute Gasteiger partial charge is 0.384 e. The molecule has 1 aromatic carbocycles. The molecule has 0 aliphatic carbocycles. The Bertz CT molecular complexity index is 628. The minimum atomic E-state index is -0.857. The molecule has 3 unspecified atom stereocenters. The maximum Gasteiger partial charge on any atom is 0.317 e. The second-order valence-corrected chi connectivity index (χ2v) is 7.00. The molecular formula is C18H25F2N3O2. The van der Waals surface area contributed by atoms with Crippen LogP contribution in [0, 0.1) is 17.6 Å². The van der Waals surface area contributed by atoms with Crippen molar-refractivity contribution in [1.82, 2.24) is 15.1 Å². The highest BCUT2D eigenvalue weighted by atomic mass is 19.2. The van der Waals surface area contributed by atoms with Gasteiger partial charge in [0.25, 0.3) is 0 Å². The number of nitrogens with one attached hydrogen (secondary N) is 1. The van der Waals surface area contributed by atoms with Gasteiger partial charge in [-0.15, -0.1) is 0 Å². The molecule has 2 amide bonds. The van der Waals surface area contributed by atoms with Gasteiger partial charge in [0.2, 0.25) is 0 Å². The fourth-order valence-corrected chi connectivity index (χ4v) is 3.92. The first-order valence-corrected chi connectivity index (χ1v) is 8.69. The monoisotopic (exact) mass is 353 g/mol. The van der Waals surface area contributed by atoms with Gasteiger partial charge in [-0.25, -0.2) is 13.6 Å². The van der Waals surface area contributed by atoms with Gasteiger partial charge in [0.05, 0.1) is 18.7 Å². The predicted molar refractivity (Wildman–Crippen MR) is 90.2 cm³/mol. The lowest BCUT2D eigenvalue weighted by Gasteiger charge is -2.28. The zero-order chi connectivity index (χ0) is 18.0. The summed E-state index contributed by atoms with van der Waals surface area (Å²) in [6.45, 7) is 2.87.